The molecule has 0 N–H and O–H groups in total. The van der Waals surface area contributed by atoms with Crippen LogP contribution in [0.25, 0.3) is 0 Å². The van der Waals surface area contributed by atoms with Gasteiger partial charge in [-0.05, 0) is 6.92 Å². The average Bonchev–Trinajstić information content (AvgIpc) is 2.48. The van der Waals surface area contributed by atoms with Gasteiger partial charge in [0.15, 0.2) is 0 Å². The van der Waals surface area contributed by atoms with Gasteiger partial charge >= 0.3 is 170 Å². The molecule has 0 saturated carbocycles. The number of hydrogen-bond acceptors (Lipinski definition) is 12. The molecular formula is C12H20AgInO4S8. The van der Waals surface area contributed by atoms with Crippen LogP contribution in [0.1, 0.15) is 27.7 Å². The van der Waals surface area contributed by atoms with Crippen LogP contribution in [-0.2, 0) is 54.0 Å². The fourth-order valence-corrected chi connectivity index (χ4v) is 36.3. The minimum absolute atomic E-state index is 0. The van der Waals surface area contributed by atoms with E-state index in [-0.39, 0.29) is 26.8 Å². The molecule has 26 heavy (non-hydrogen) atoms. The molecule has 0 saturated heterocycles. The Balaban J connectivity index is -0.000000649. The van der Waals surface area contributed by atoms with Crippen LogP contribution in [-0.4, -0.2) is 61.0 Å². The van der Waals surface area contributed by atoms with Gasteiger partial charge in [-0.1, -0.05) is 0 Å². The molecule has 0 atom stereocenters. The van der Waals surface area contributed by atoms with Crippen molar-refractivity contribution in [3.05, 3.63) is 0 Å². The van der Waals surface area contributed by atoms with E-state index in [4.69, 9.17) is 50.9 Å². The fourth-order valence-electron chi connectivity index (χ4n) is 0.881. The minimum atomic E-state index is -2.31. The Bertz CT molecular complexity index is 382. The van der Waals surface area contributed by atoms with Gasteiger partial charge in [-0.25, -0.2) is 0 Å². The average molecular weight is 708 g/mol. The third kappa shape index (κ3) is 24.5. The maximum absolute atomic E-state index is 5.31. The van der Waals surface area contributed by atoms with Gasteiger partial charge in [0.05, 0.1) is 6.61 Å². The van der Waals surface area contributed by atoms with Gasteiger partial charge < -0.3 is 29.6 Å². The normalized spacial score (nSPS) is 8.77. The first-order valence-corrected chi connectivity index (χ1v) is 23.9. The molecule has 0 aromatic carbocycles. The monoisotopic (exact) mass is 706 g/mol. The molecule has 0 spiro atoms. The third-order valence-electron chi connectivity index (χ3n) is 1.63. The third-order valence-corrected chi connectivity index (χ3v) is 31.0. The van der Waals surface area contributed by atoms with Gasteiger partial charge in [0.25, 0.3) is 0 Å². The molecule has 0 aromatic rings. The van der Waals surface area contributed by atoms with E-state index in [1.54, 1.807) is 25.8 Å². The predicted molar refractivity (Wildman–Crippen MR) is 133 cm³/mol. The van der Waals surface area contributed by atoms with Crippen molar-refractivity contribution in [2.45, 2.75) is 27.7 Å². The van der Waals surface area contributed by atoms with Crippen LogP contribution in [0.2, 0.25) is 0 Å². The summed E-state index contributed by atoms with van der Waals surface area (Å²) in [5.74, 6) is 0. The number of ether oxygens (including phenoxy) is 4. The standard InChI is InChI=1S/4C3H6OS2.Ag.In/c4*1-2-4-3(5)6;;/h4*2H2,1H3,(H,5,6);;/q;;;;+1;+3/p-4. The van der Waals surface area contributed by atoms with E-state index >= 15 is 0 Å². The molecule has 14 heteroatoms. The van der Waals surface area contributed by atoms with E-state index < -0.39 is 17.1 Å². The van der Waals surface area contributed by atoms with Gasteiger partial charge in [0.1, 0.15) is 0 Å². The zero-order valence-electron chi connectivity index (χ0n) is 14.6. The Morgan fingerprint density at radius 3 is 1.12 bits per heavy atom. The first-order valence-electron chi connectivity index (χ1n) is 7.14. The molecule has 0 unspecified atom stereocenters. The quantitative estimate of drug-likeness (QED) is 0.204. The fraction of sp³-hybridized carbons (Fsp3) is 0.667. The van der Waals surface area contributed by atoms with E-state index in [9.17, 15) is 0 Å². The Kier molecular flexibility index (Phi) is 30.2. The molecule has 0 aromatic heterocycles. The molecular weight excluding hydrogens is 687 g/mol. The van der Waals surface area contributed by atoms with Gasteiger partial charge in [-0.15, -0.1) is 0 Å². The van der Waals surface area contributed by atoms with Crippen LogP contribution in [0, 0.1) is 0 Å². The van der Waals surface area contributed by atoms with E-state index in [1.165, 1.54) is 0 Å². The molecule has 0 bridgehead atoms. The zero-order chi connectivity index (χ0) is 19.7. The second kappa shape index (κ2) is 23.7. The van der Waals surface area contributed by atoms with Gasteiger partial charge in [-0.3, -0.25) is 0 Å². The molecule has 4 nitrogen and oxygen atoms in total. The van der Waals surface area contributed by atoms with Crippen LogP contribution in [0.3, 0.4) is 0 Å². The maximum Gasteiger partial charge on any atom is 1.00 e. The van der Waals surface area contributed by atoms with Crippen molar-refractivity contribution in [3.63, 3.8) is 0 Å². The van der Waals surface area contributed by atoms with E-state index in [2.05, 4.69) is 29.6 Å². The number of hydrogen-bond donors (Lipinski definition) is 0. The first-order chi connectivity index (χ1) is 11.8. The van der Waals surface area contributed by atoms with Gasteiger partial charge in [0, 0.05) is 4.38 Å². The summed E-state index contributed by atoms with van der Waals surface area (Å²) in [4.78, 5) is 0. The zero-order valence-corrected chi connectivity index (χ0v) is 25.9. The molecule has 0 aliphatic heterocycles. The largest absolute Gasteiger partial charge is 1.00 e. The van der Waals surface area contributed by atoms with Crippen molar-refractivity contribution in [2.24, 2.45) is 0 Å². The minimum Gasteiger partial charge on any atom is 1.00 e. The molecule has 154 valence electrons. The molecule has 0 radical (unpaired) electrons. The van der Waals surface area contributed by atoms with E-state index in [0.29, 0.717) is 39.6 Å². The van der Waals surface area contributed by atoms with Crippen LogP contribution in [0.15, 0.2) is 0 Å². The first kappa shape index (κ1) is 33.1. The van der Waals surface area contributed by atoms with Crippen molar-refractivity contribution in [1.82, 2.24) is 0 Å². The number of rotatable bonds is 7. The van der Waals surface area contributed by atoms with Crippen LogP contribution in [0.4, 0.5) is 0 Å². The predicted octanol–water partition coefficient (Wildman–Crippen LogP) is 4.99. The van der Waals surface area contributed by atoms with Crippen molar-refractivity contribution < 1.29 is 41.3 Å². The van der Waals surface area contributed by atoms with Crippen LogP contribution in [0.5, 0.6) is 0 Å². The summed E-state index contributed by atoms with van der Waals surface area (Å²) >= 11 is 22.0. The van der Waals surface area contributed by atoms with Crippen molar-refractivity contribution in [3.8, 4) is 0 Å². The molecule has 0 rings (SSSR count). The Morgan fingerprint density at radius 2 is 0.962 bits per heavy atom. The summed E-state index contributed by atoms with van der Waals surface area (Å²) in [6.45, 7) is 9.89. The van der Waals surface area contributed by atoms with Crippen molar-refractivity contribution >= 4 is 122 Å². The summed E-state index contributed by atoms with van der Waals surface area (Å²) in [6.07, 6.45) is 0. The van der Waals surface area contributed by atoms with Crippen LogP contribution >= 0.6 is 74.6 Å². The Labute approximate surface area is 214 Å². The van der Waals surface area contributed by atoms with Crippen molar-refractivity contribution in [1.29, 1.82) is 0 Å². The van der Waals surface area contributed by atoms with Crippen LogP contribution < -0.4 is 0 Å². The van der Waals surface area contributed by atoms with Gasteiger partial charge in [-0.2, -0.15) is 0 Å². The number of thiocarbonyl (C=S) groups is 4. The molecule has 0 fully saturated rings. The molecule has 0 amide bonds. The summed E-state index contributed by atoms with van der Waals surface area (Å²) in [6, 6.07) is 0. The molecule has 0 aliphatic rings. The summed E-state index contributed by atoms with van der Waals surface area (Å²) in [5, 5.41) is 0. The SMILES string of the molecule is CCOC(=S)[S-].CCOC(=S)[S][In]([S]C(=S)OCC)[S]C(=S)OCC.[Ag+]. The second-order valence-corrected chi connectivity index (χ2v) is 31.3. The summed E-state index contributed by atoms with van der Waals surface area (Å²) in [7, 11) is 4.76. The molecule has 0 heterocycles. The Hall–Kier alpha value is 2.44. The summed E-state index contributed by atoms with van der Waals surface area (Å²) in [5.41, 5.74) is 0. The second-order valence-electron chi connectivity index (χ2n) is 3.37. The summed E-state index contributed by atoms with van der Waals surface area (Å²) < 4.78 is 22.4. The van der Waals surface area contributed by atoms with E-state index in [1.807, 2.05) is 27.7 Å². The van der Waals surface area contributed by atoms with E-state index in [0.717, 1.165) is 0 Å². The molecule has 0 aliphatic carbocycles. The van der Waals surface area contributed by atoms with Crippen molar-refractivity contribution in [2.75, 3.05) is 26.4 Å². The maximum atomic E-state index is 5.31. The topological polar surface area (TPSA) is 36.9 Å². The van der Waals surface area contributed by atoms with Gasteiger partial charge in [0.2, 0.25) is 0 Å². The Morgan fingerprint density at radius 1 is 0.692 bits per heavy atom. The smallest absolute Gasteiger partial charge is 1.00 e.